The molecule has 3 fully saturated rings. The first-order chi connectivity index (χ1) is 5.27. The van der Waals surface area contributed by atoms with Gasteiger partial charge in [-0.05, 0) is 31.8 Å². The molecule has 0 aromatic heterocycles. The number of carbonyl (C=O) groups is 1. The van der Waals surface area contributed by atoms with Crippen molar-refractivity contribution in [3.8, 4) is 0 Å². The molecule has 0 spiro atoms. The third kappa shape index (κ3) is 1.13. The summed E-state index contributed by atoms with van der Waals surface area (Å²) in [6.45, 7) is 3.15. The Morgan fingerprint density at radius 1 is 1.36 bits per heavy atom. The van der Waals surface area contributed by atoms with Gasteiger partial charge < -0.3 is 4.90 Å². The summed E-state index contributed by atoms with van der Waals surface area (Å²) >= 11 is 0. The number of hydrogen-bond acceptors (Lipinski definition) is 2. The molecule has 3 saturated heterocycles. The Hall–Kier alpha value is -0.570. The second-order valence-electron chi connectivity index (χ2n) is 3.61. The van der Waals surface area contributed by atoms with Crippen LogP contribution in [0.4, 0.5) is 0 Å². The van der Waals surface area contributed by atoms with E-state index in [4.69, 9.17) is 5.73 Å². The number of amides is 1. The summed E-state index contributed by atoms with van der Waals surface area (Å²) in [5.74, 6) is 0.224. The van der Waals surface area contributed by atoms with Crippen LogP contribution < -0.4 is 5.73 Å². The van der Waals surface area contributed by atoms with Crippen molar-refractivity contribution in [2.24, 2.45) is 11.8 Å². The monoisotopic (exact) mass is 153 g/mol. The van der Waals surface area contributed by atoms with E-state index < -0.39 is 0 Å². The maximum atomic E-state index is 10.8. The number of rotatable bonds is 1. The molecule has 61 valence electrons. The van der Waals surface area contributed by atoms with Crippen molar-refractivity contribution in [1.29, 1.82) is 0 Å². The molecule has 0 saturated carbocycles. The summed E-state index contributed by atoms with van der Waals surface area (Å²) in [6, 6.07) is 0. The summed E-state index contributed by atoms with van der Waals surface area (Å²) in [4.78, 5) is 13.1. The van der Waals surface area contributed by atoms with Gasteiger partial charge in [-0.2, -0.15) is 0 Å². The van der Waals surface area contributed by atoms with Gasteiger partial charge >= 0.3 is 0 Å². The molecule has 1 unspecified atom stereocenters. The summed E-state index contributed by atoms with van der Waals surface area (Å²) < 4.78 is 0. The Labute approximate surface area is 66.5 Å². The Balaban J connectivity index is 2.08. The van der Waals surface area contributed by atoms with E-state index in [1.54, 1.807) is 0 Å². The minimum Gasteiger partial charge on any atom is -0.303 e. The number of carbonyl (C=O) groups excluding carboxylic acids is 1. The van der Waals surface area contributed by atoms with Crippen LogP contribution in [0.2, 0.25) is 0 Å². The second-order valence-corrected chi connectivity index (χ2v) is 3.61. The number of nitrogens with zero attached hydrogens (tertiary/aromatic N) is 1. The number of nitrogens with one attached hydrogen (secondary N) is 1. The lowest BCUT2D eigenvalue weighted by Gasteiger charge is -2.43. The van der Waals surface area contributed by atoms with Crippen molar-refractivity contribution in [3.63, 3.8) is 0 Å². The zero-order valence-electron chi connectivity index (χ0n) is 6.55. The van der Waals surface area contributed by atoms with Gasteiger partial charge in [0.2, 0.25) is 5.91 Å². The third-order valence-electron chi connectivity index (χ3n) is 2.99. The lowest BCUT2D eigenvalue weighted by atomic mass is 9.79. The van der Waals surface area contributed by atoms with Gasteiger partial charge in [-0.15, -0.1) is 0 Å². The molecule has 1 N–H and O–H groups in total. The number of piperidine rings is 3. The van der Waals surface area contributed by atoms with E-state index in [9.17, 15) is 4.79 Å². The Kier molecular flexibility index (Phi) is 1.60. The fraction of sp³-hybridized carbons (Fsp3) is 0.875. The van der Waals surface area contributed by atoms with Crippen LogP contribution in [0, 0.1) is 11.8 Å². The molecule has 3 aliphatic heterocycles. The molecule has 3 rings (SSSR count). The van der Waals surface area contributed by atoms with E-state index in [2.05, 4.69) is 4.90 Å². The fourth-order valence-electron chi connectivity index (χ4n) is 2.26. The van der Waals surface area contributed by atoms with Crippen molar-refractivity contribution >= 4 is 5.91 Å². The molecule has 3 aliphatic rings. The molecular weight excluding hydrogens is 140 g/mol. The average molecular weight is 153 g/mol. The molecule has 1 radical (unpaired) electrons. The van der Waals surface area contributed by atoms with Gasteiger partial charge in [0, 0.05) is 6.54 Å². The summed E-state index contributed by atoms with van der Waals surface area (Å²) in [7, 11) is 0. The van der Waals surface area contributed by atoms with E-state index in [0.717, 1.165) is 32.5 Å². The van der Waals surface area contributed by atoms with Gasteiger partial charge in [0.25, 0.3) is 0 Å². The van der Waals surface area contributed by atoms with Crippen molar-refractivity contribution in [2.45, 2.75) is 12.8 Å². The molecule has 0 aliphatic carbocycles. The van der Waals surface area contributed by atoms with E-state index in [1.165, 1.54) is 0 Å². The zero-order chi connectivity index (χ0) is 7.84. The topological polar surface area (TPSA) is 44.1 Å². The number of hydrogen-bond donors (Lipinski definition) is 0. The van der Waals surface area contributed by atoms with Crippen molar-refractivity contribution in [3.05, 3.63) is 0 Å². The Morgan fingerprint density at radius 2 is 2.00 bits per heavy atom. The highest BCUT2D eigenvalue weighted by Crippen LogP contribution is 2.31. The zero-order valence-corrected chi connectivity index (χ0v) is 6.55. The quantitative estimate of drug-likeness (QED) is 0.537. The van der Waals surface area contributed by atoms with E-state index >= 15 is 0 Å². The van der Waals surface area contributed by atoms with E-state index in [0.29, 0.717) is 5.92 Å². The van der Waals surface area contributed by atoms with Crippen LogP contribution in [0.15, 0.2) is 0 Å². The van der Waals surface area contributed by atoms with E-state index in [-0.39, 0.29) is 11.8 Å². The highest BCUT2D eigenvalue weighted by molar-refractivity contribution is 5.76. The number of fused-ring (bicyclic) bond motifs is 3. The molecule has 1 amide bonds. The molecule has 3 nitrogen and oxygen atoms in total. The molecule has 1 atom stereocenters. The van der Waals surface area contributed by atoms with Crippen molar-refractivity contribution < 1.29 is 4.79 Å². The van der Waals surface area contributed by atoms with Gasteiger partial charge in [-0.25, -0.2) is 0 Å². The molecule has 0 aromatic carbocycles. The average Bonchev–Trinajstić information content (AvgIpc) is 2.06. The lowest BCUT2D eigenvalue weighted by molar-refractivity contribution is -0.128. The smallest absolute Gasteiger partial charge is 0.243 e. The molecule has 0 aromatic rings. The van der Waals surface area contributed by atoms with Crippen LogP contribution in [0.1, 0.15) is 12.8 Å². The van der Waals surface area contributed by atoms with Crippen LogP contribution >= 0.6 is 0 Å². The fourth-order valence-corrected chi connectivity index (χ4v) is 2.26. The van der Waals surface area contributed by atoms with Crippen LogP contribution in [0.25, 0.3) is 0 Å². The Bertz CT molecular complexity index is 173. The predicted molar refractivity (Wildman–Crippen MR) is 40.8 cm³/mol. The first-order valence-corrected chi connectivity index (χ1v) is 4.25. The maximum Gasteiger partial charge on any atom is 0.243 e. The van der Waals surface area contributed by atoms with Gasteiger partial charge in [-0.1, -0.05) is 0 Å². The SMILES string of the molecule is [NH]C(=O)C1CN2CCC1CC2. The largest absolute Gasteiger partial charge is 0.303 e. The van der Waals surface area contributed by atoms with Gasteiger partial charge in [0.15, 0.2) is 0 Å². The highest BCUT2D eigenvalue weighted by Gasteiger charge is 2.37. The minimum absolute atomic E-state index is 0.0394. The Morgan fingerprint density at radius 3 is 2.27 bits per heavy atom. The van der Waals surface area contributed by atoms with Crippen LogP contribution in [-0.4, -0.2) is 30.4 Å². The van der Waals surface area contributed by atoms with Crippen molar-refractivity contribution in [1.82, 2.24) is 10.6 Å². The van der Waals surface area contributed by atoms with Crippen LogP contribution in [0.5, 0.6) is 0 Å². The van der Waals surface area contributed by atoms with Gasteiger partial charge in [0.1, 0.15) is 0 Å². The van der Waals surface area contributed by atoms with Gasteiger partial charge in [0.05, 0.1) is 5.92 Å². The standard InChI is InChI=1S/C8H13N2O/c9-8(11)7-5-10-3-1-6(7)2-4-10/h6-7,9H,1-5H2. The second kappa shape index (κ2) is 2.48. The van der Waals surface area contributed by atoms with Crippen molar-refractivity contribution in [2.75, 3.05) is 19.6 Å². The molecular formula is C8H13N2O. The minimum atomic E-state index is -0.348. The lowest BCUT2D eigenvalue weighted by Crippen LogP contribution is -2.50. The molecule has 11 heavy (non-hydrogen) atoms. The molecule has 3 heteroatoms. The van der Waals surface area contributed by atoms with Gasteiger partial charge in [-0.3, -0.25) is 10.5 Å². The molecule has 2 bridgehead atoms. The van der Waals surface area contributed by atoms with Crippen LogP contribution in [-0.2, 0) is 4.79 Å². The predicted octanol–water partition coefficient (Wildman–Crippen LogP) is 0.138. The first-order valence-electron chi connectivity index (χ1n) is 4.25. The van der Waals surface area contributed by atoms with E-state index in [1.807, 2.05) is 0 Å². The highest BCUT2D eigenvalue weighted by atomic mass is 16.1. The summed E-state index contributed by atoms with van der Waals surface area (Å²) in [5.41, 5.74) is 7.06. The third-order valence-corrected chi connectivity index (χ3v) is 2.99. The maximum absolute atomic E-state index is 10.8. The summed E-state index contributed by atoms with van der Waals surface area (Å²) in [5, 5.41) is 0. The molecule has 3 heterocycles. The first kappa shape index (κ1) is 7.10. The summed E-state index contributed by atoms with van der Waals surface area (Å²) in [6.07, 6.45) is 2.27. The normalized spacial score (nSPS) is 42.4. The van der Waals surface area contributed by atoms with Crippen LogP contribution in [0.3, 0.4) is 0 Å².